The van der Waals surface area contributed by atoms with Crippen LogP contribution in [-0.4, -0.2) is 16.9 Å². The lowest BCUT2D eigenvalue weighted by Gasteiger charge is -2.17. The van der Waals surface area contributed by atoms with Gasteiger partial charge in [-0.1, -0.05) is 25.1 Å². The Morgan fingerprint density at radius 2 is 2.10 bits per heavy atom. The maximum atomic E-state index is 5.41. The van der Waals surface area contributed by atoms with Crippen LogP contribution in [0.5, 0.6) is 5.75 Å². The fourth-order valence-electron chi connectivity index (χ4n) is 2.32. The Kier molecular flexibility index (Phi) is 5.18. The van der Waals surface area contributed by atoms with Crippen molar-refractivity contribution >= 4 is 0 Å². The van der Waals surface area contributed by atoms with Gasteiger partial charge in [0.05, 0.1) is 12.8 Å². The van der Waals surface area contributed by atoms with Gasteiger partial charge in [-0.2, -0.15) is 5.10 Å². The van der Waals surface area contributed by atoms with Gasteiger partial charge in [-0.3, -0.25) is 4.68 Å². The van der Waals surface area contributed by atoms with Crippen LogP contribution in [0.3, 0.4) is 0 Å². The molecule has 20 heavy (non-hydrogen) atoms. The molecular formula is C16H23N3O. The van der Waals surface area contributed by atoms with E-state index in [-0.39, 0.29) is 6.04 Å². The Bertz CT molecular complexity index is 536. The average molecular weight is 273 g/mol. The Hall–Kier alpha value is -1.81. The van der Waals surface area contributed by atoms with Crippen LogP contribution >= 0.6 is 0 Å². The van der Waals surface area contributed by atoms with Gasteiger partial charge in [0.15, 0.2) is 0 Å². The van der Waals surface area contributed by atoms with Gasteiger partial charge < -0.3 is 10.1 Å². The first-order chi connectivity index (χ1) is 9.76. The molecule has 0 saturated heterocycles. The third kappa shape index (κ3) is 3.39. The van der Waals surface area contributed by atoms with E-state index in [4.69, 9.17) is 4.74 Å². The Morgan fingerprint density at radius 1 is 1.30 bits per heavy atom. The van der Waals surface area contributed by atoms with E-state index in [0.717, 1.165) is 25.3 Å². The molecule has 2 rings (SSSR count). The van der Waals surface area contributed by atoms with E-state index < -0.39 is 0 Å². The van der Waals surface area contributed by atoms with Crippen LogP contribution in [-0.2, 0) is 13.1 Å². The highest BCUT2D eigenvalue weighted by Crippen LogP contribution is 2.24. The van der Waals surface area contributed by atoms with Crippen LogP contribution in [0.4, 0.5) is 0 Å². The second-order valence-electron chi connectivity index (χ2n) is 4.89. The monoisotopic (exact) mass is 273 g/mol. The molecule has 1 aromatic heterocycles. The number of aryl methyl sites for hydroxylation is 1. The molecule has 1 heterocycles. The van der Waals surface area contributed by atoms with E-state index in [1.807, 2.05) is 24.4 Å². The van der Waals surface area contributed by atoms with E-state index in [2.05, 4.69) is 41.1 Å². The predicted molar refractivity (Wildman–Crippen MR) is 80.8 cm³/mol. The van der Waals surface area contributed by atoms with Crippen molar-refractivity contribution in [2.45, 2.75) is 39.4 Å². The summed E-state index contributed by atoms with van der Waals surface area (Å²) in [5.74, 6) is 0.926. The molecular weight excluding hydrogens is 250 g/mol. The third-order valence-electron chi connectivity index (χ3n) is 3.43. The van der Waals surface area contributed by atoms with Crippen molar-refractivity contribution in [2.24, 2.45) is 0 Å². The van der Waals surface area contributed by atoms with Gasteiger partial charge in [-0.15, -0.1) is 0 Å². The lowest BCUT2D eigenvalue weighted by atomic mass is 10.1. The summed E-state index contributed by atoms with van der Waals surface area (Å²) < 4.78 is 7.47. The summed E-state index contributed by atoms with van der Waals surface area (Å²) in [7, 11) is 1.71. The topological polar surface area (TPSA) is 39.1 Å². The van der Waals surface area contributed by atoms with Crippen molar-refractivity contribution in [1.82, 2.24) is 15.1 Å². The Balaban J connectivity index is 2.01. The molecule has 0 fully saturated rings. The lowest BCUT2D eigenvalue weighted by Crippen LogP contribution is -2.21. The first kappa shape index (κ1) is 14.6. The minimum atomic E-state index is 0.233. The van der Waals surface area contributed by atoms with Crippen molar-refractivity contribution in [2.75, 3.05) is 7.11 Å². The molecule has 1 unspecified atom stereocenters. The summed E-state index contributed by atoms with van der Waals surface area (Å²) in [5.41, 5.74) is 2.39. The van der Waals surface area contributed by atoms with Crippen molar-refractivity contribution in [3.63, 3.8) is 0 Å². The molecule has 0 bridgehead atoms. The number of methoxy groups -OCH3 is 1. The summed E-state index contributed by atoms with van der Waals surface area (Å²) in [5, 5.41) is 7.88. The van der Waals surface area contributed by atoms with Crippen LogP contribution in [0.25, 0.3) is 0 Å². The maximum Gasteiger partial charge on any atom is 0.123 e. The van der Waals surface area contributed by atoms with E-state index >= 15 is 0 Å². The molecule has 0 radical (unpaired) electrons. The van der Waals surface area contributed by atoms with Gasteiger partial charge in [0.1, 0.15) is 5.75 Å². The van der Waals surface area contributed by atoms with Gasteiger partial charge in [0.25, 0.3) is 0 Å². The summed E-state index contributed by atoms with van der Waals surface area (Å²) in [4.78, 5) is 0. The Labute approximate surface area is 120 Å². The zero-order chi connectivity index (χ0) is 14.4. The van der Waals surface area contributed by atoms with Crippen molar-refractivity contribution in [1.29, 1.82) is 0 Å². The van der Waals surface area contributed by atoms with Gasteiger partial charge in [-0.05, 0) is 25.5 Å². The summed E-state index contributed by atoms with van der Waals surface area (Å²) in [6.45, 7) is 6.08. The lowest BCUT2D eigenvalue weighted by molar-refractivity contribution is 0.400. The summed E-state index contributed by atoms with van der Waals surface area (Å²) in [6.07, 6.45) is 2.96. The summed E-state index contributed by atoms with van der Waals surface area (Å²) in [6, 6.07) is 10.4. The first-order valence-electron chi connectivity index (χ1n) is 7.13. The molecule has 1 atom stereocenters. The van der Waals surface area contributed by atoms with Gasteiger partial charge in [0, 0.05) is 30.9 Å². The zero-order valence-electron chi connectivity index (χ0n) is 12.5. The molecule has 0 amide bonds. The molecule has 108 valence electrons. The molecule has 0 saturated carbocycles. The van der Waals surface area contributed by atoms with Crippen LogP contribution in [0.15, 0.2) is 36.5 Å². The van der Waals surface area contributed by atoms with Crippen molar-refractivity contribution in [3.05, 3.63) is 47.8 Å². The number of nitrogens with zero attached hydrogens (tertiary/aromatic N) is 2. The second-order valence-corrected chi connectivity index (χ2v) is 4.89. The standard InChI is InChI=1S/C16H23N3O/c1-4-11-19-14(9-10-18-19)12-17-13(2)15-7-5-6-8-16(15)20-3/h5-10,13,17H,4,11-12H2,1-3H3. The van der Waals surface area contributed by atoms with E-state index in [1.165, 1.54) is 11.3 Å². The summed E-state index contributed by atoms with van der Waals surface area (Å²) >= 11 is 0. The van der Waals surface area contributed by atoms with Crippen LogP contribution < -0.4 is 10.1 Å². The van der Waals surface area contributed by atoms with Gasteiger partial charge in [-0.25, -0.2) is 0 Å². The SMILES string of the molecule is CCCn1nccc1CNC(C)c1ccccc1OC. The maximum absolute atomic E-state index is 5.41. The van der Waals surface area contributed by atoms with E-state index in [1.54, 1.807) is 7.11 Å². The smallest absolute Gasteiger partial charge is 0.123 e. The minimum absolute atomic E-state index is 0.233. The molecule has 0 aliphatic carbocycles. The first-order valence-corrected chi connectivity index (χ1v) is 7.13. The molecule has 0 aliphatic rings. The fourth-order valence-corrected chi connectivity index (χ4v) is 2.32. The number of para-hydroxylation sites is 1. The molecule has 0 spiro atoms. The van der Waals surface area contributed by atoms with Crippen LogP contribution in [0.2, 0.25) is 0 Å². The molecule has 1 N–H and O–H groups in total. The average Bonchev–Trinajstić information content (AvgIpc) is 2.92. The highest BCUT2D eigenvalue weighted by molar-refractivity contribution is 5.35. The van der Waals surface area contributed by atoms with Crippen molar-refractivity contribution in [3.8, 4) is 5.75 Å². The number of aromatic nitrogens is 2. The third-order valence-corrected chi connectivity index (χ3v) is 3.43. The highest BCUT2D eigenvalue weighted by atomic mass is 16.5. The molecule has 4 heteroatoms. The molecule has 4 nitrogen and oxygen atoms in total. The fraction of sp³-hybridized carbons (Fsp3) is 0.438. The second kappa shape index (κ2) is 7.10. The highest BCUT2D eigenvalue weighted by Gasteiger charge is 2.11. The van der Waals surface area contributed by atoms with Gasteiger partial charge in [0.2, 0.25) is 0 Å². The minimum Gasteiger partial charge on any atom is -0.496 e. The number of benzene rings is 1. The number of nitrogens with one attached hydrogen (secondary N) is 1. The molecule has 0 aliphatic heterocycles. The molecule has 1 aromatic carbocycles. The number of hydrogen-bond donors (Lipinski definition) is 1. The largest absolute Gasteiger partial charge is 0.496 e. The van der Waals surface area contributed by atoms with E-state index in [0.29, 0.717) is 0 Å². The zero-order valence-corrected chi connectivity index (χ0v) is 12.5. The number of rotatable bonds is 7. The number of hydrogen-bond acceptors (Lipinski definition) is 3. The Morgan fingerprint density at radius 3 is 2.85 bits per heavy atom. The van der Waals surface area contributed by atoms with E-state index in [9.17, 15) is 0 Å². The normalized spacial score (nSPS) is 12.3. The van der Waals surface area contributed by atoms with Crippen molar-refractivity contribution < 1.29 is 4.74 Å². The number of ether oxygens (including phenoxy) is 1. The quantitative estimate of drug-likeness (QED) is 0.842. The predicted octanol–water partition coefficient (Wildman–Crippen LogP) is 3.15. The molecule has 2 aromatic rings. The van der Waals surface area contributed by atoms with Crippen LogP contribution in [0, 0.1) is 0 Å². The van der Waals surface area contributed by atoms with Gasteiger partial charge >= 0.3 is 0 Å². The van der Waals surface area contributed by atoms with Crippen LogP contribution in [0.1, 0.15) is 37.6 Å².